The highest BCUT2D eigenvalue weighted by molar-refractivity contribution is 9.10. The predicted octanol–water partition coefficient (Wildman–Crippen LogP) is 4.35. The molecule has 0 aromatic heterocycles. The Balaban J connectivity index is 1.91. The van der Waals surface area contributed by atoms with Gasteiger partial charge in [-0.05, 0) is 59.2 Å². The van der Waals surface area contributed by atoms with Crippen molar-refractivity contribution in [1.82, 2.24) is 0 Å². The Morgan fingerprint density at radius 3 is 2.56 bits per heavy atom. The van der Waals surface area contributed by atoms with Gasteiger partial charge in [0.2, 0.25) is 0 Å². The Morgan fingerprint density at radius 2 is 1.94 bits per heavy atom. The molecule has 3 unspecified atom stereocenters. The number of fused-ring (bicyclic) bond motifs is 2. The second kappa shape index (κ2) is 4.41. The van der Waals surface area contributed by atoms with Crippen molar-refractivity contribution >= 4 is 21.7 Å². The fourth-order valence-electron chi connectivity index (χ4n) is 3.48. The second-order valence-corrected chi connectivity index (χ2v) is 6.25. The smallest absolute Gasteiger partial charge is 0.169 e. The zero-order chi connectivity index (χ0) is 12.9. The van der Waals surface area contributed by atoms with Gasteiger partial charge in [0.05, 0.1) is 10.0 Å². The normalized spacial score (nSPS) is 29.8. The van der Waals surface area contributed by atoms with Crippen LogP contribution < -0.4 is 0 Å². The van der Waals surface area contributed by atoms with Crippen LogP contribution in [0, 0.1) is 29.4 Å². The Hall–Kier alpha value is -0.770. The molecule has 4 heteroatoms. The third-order valence-electron chi connectivity index (χ3n) is 4.35. The van der Waals surface area contributed by atoms with Crippen molar-refractivity contribution in [3.8, 4) is 0 Å². The molecule has 3 atom stereocenters. The van der Waals surface area contributed by atoms with Crippen LogP contribution in [0.5, 0.6) is 0 Å². The van der Waals surface area contributed by atoms with Gasteiger partial charge in [0.15, 0.2) is 5.78 Å². The van der Waals surface area contributed by atoms with E-state index in [4.69, 9.17) is 0 Å². The van der Waals surface area contributed by atoms with Gasteiger partial charge in [-0.2, -0.15) is 0 Å². The van der Waals surface area contributed by atoms with Gasteiger partial charge in [0.25, 0.3) is 0 Å². The van der Waals surface area contributed by atoms with Crippen LogP contribution in [0.2, 0.25) is 0 Å². The van der Waals surface area contributed by atoms with Gasteiger partial charge in [0, 0.05) is 5.92 Å². The quantitative estimate of drug-likeness (QED) is 0.586. The van der Waals surface area contributed by atoms with Crippen molar-refractivity contribution < 1.29 is 13.6 Å². The number of halogens is 3. The van der Waals surface area contributed by atoms with E-state index in [1.165, 1.54) is 6.42 Å². The molecule has 3 rings (SSSR count). The lowest BCUT2D eigenvalue weighted by atomic mass is 9.83. The lowest BCUT2D eigenvalue weighted by molar-refractivity contribution is 0.0870. The van der Waals surface area contributed by atoms with Crippen LogP contribution in [-0.4, -0.2) is 5.78 Å². The third-order valence-corrected chi connectivity index (χ3v) is 4.96. The van der Waals surface area contributed by atoms with Gasteiger partial charge in [-0.1, -0.05) is 6.42 Å². The van der Waals surface area contributed by atoms with E-state index in [-0.39, 0.29) is 21.7 Å². The molecule has 2 fully saturated rings. The Bertz CT molecular complexity index is 515. The van der Waals surface area contributed by atoms with Crippen molar-refractivity contribution in [2.24, 2.45) is 17.8 Å². The van der Waals surface area contributed by atoms with Gasteiger partial charge in [0.1, 0.15) is 11.6 Å². The summed E-state index contributed by atoms with van der Waals surface area (Å²) in [7, 11) is 0. The van der Waals surface area contributed by atoms with Crippen molar-refractivity contribution in [2.75, 3.05) is 0 Å². The lowest BCUT2D eigenvalue weighted by Gasteiger charge is -2.20. The molecule has 2 bridgehead atoms. The summed E-state index contributed by atoms with van der Waals surface area (Å²) in [5, 5.41) is 0. The lowest BCUT2D eigenvalue weighted by Crippen LogP contribution is -2.22. The summed E-state index contributed by atoms with van der Waals surface area (Å²) < 4.78 is 27.2. The highest BCUT2D eigenvalue weighted by atomic mass is 79.9. The third kappa shape index (κ3) is 1.91. The highest BCUT2D eigenvalue weighted by Crippen LogP contribution is 2.49. The Kier molecular flexibility index (Phi) is 3.00. The molecule has 1 nitrogen and oxygen atoms in total. The monoisotopic (exact) mass is 314 g/mol. The molecular weight excluding hydrogens is 302 g/mol. The maximum Gasteiger partial charge on any atom is 0.169 e. The summed E-state index contributed by atoms with van der Waals surface area (Å²) in [6.07, 6.45) is 4.17. The highest BCUT2D eigenvalue weighted by Gasteiger charge is 2.43. The van der Waals surface area contributed by atoms with Gasteiger partial charge in [-0.25, -0.2) is 8.78 Å². The molecule has 0 spiro atoms. The van der Waals surface area contributed by atoms with E-state index >= 15 is 0 Å². The van der Waals surface area contributed by atoms with Crippen molar-refractivity contribution in [1.29, 1.82) is 0 Å². The maximum atomic E-state index is 13.8. The van der Waals surface area contributed by atoms with Gasteiger partial charge in [-0.3, -0.25) is 4.79 Å². The van der Waals surface area contributed by atoms with E-state index in [0.717, 1.165) is 31.4 Å². The van der Waals surface area contributed by atoms with Gasteiger partial charge >= 0.3 is 0 Å². The first kappa shape index (κ1) is 12.3. The Labute approximate surface area is 113 Å². The van der Waals surface area contributed by atoms with Crippen LogP contribution in [0.15, 0.2) is 16.6 Å². The number of benzene rings is 1. The molecular formula is C14H13BrF2O. The SMILES string of the molecule is O=C(c1cc(F)c(Br)cc1F)C1CC2CCC1C2. The van der Waals surface area contributed by atoms with E-state index in [0.29, 0.717) is 11.8 Å². The molecule has 2 saturated carbocycles. The maximum absolute atomic E-state index is 13.8. The van der Waals surface area contributed by atoms with Crippen LogP contribution >= 0.6 is 15.9 Å². The summed E-state index contributed by atoms with van der Waals surface area (Å²) in [5.41, 5.74) is -0.0896. The number of hydrogen-bond donors (Lipinski definition) is 0. The van der Waals surface area contributed by atoms with Crippen LogP contribution in [0.4, 0.5) is 8.78 Å². The minimum Gasteiger partial charge on any atom is -0.294 e. The number of rotatable bonds is 2. The van der Waals surface area contributed by atoms with Crippen molar-refractivity contribution in [2.45, 2.75) is 25.7 Å². The summed E-state index contributed by atoms with van der Waals surface area (Å²) in [6.45, 7) is 0. The largest absolute Gasteiger partial charge is 0.294 e. The number of carbonyl (C=O) groups excluding carboxylic acids is 1. The summed E-state index contributed by atoms with van der Waals surface area (Å²) in [5.74, 6) is -0.523. The van der Waals surface area contributed by atoms with Crippen LogP contribution in [0.3, 0.4) is 0 Å². The average Bonchev–Trinajstić information content (AvgIpc) is 2.95. The standard InChI is InChI=1S/C14H13BrF2O/c15-11-6-12(16)10(5-13(11)17)14(18)9-4-7-1-2-8(9)3-7/h5-9H,1-4H2. The molecule has 96 valence electrons. The second-order valence-electron chi connectivity index (χ2n) is 5.39. The first-order valence-corrected chi connectivity index (χ1v) is 7.04. The summed E-state index contributed by atoms with van der Waals surface area (Å²) >= 11 is 2.92. The predicted molar refractivity (Wildman–Crippen MR) is 67.3 cm³/mol. The molecule has 2 aliphatic rings. The topological polar surface area (TPSA) is 17.1 Å². The average molecular weight is 315 g/mol. The minimum absolute atomic E-state index is 0.0597. The molecule has 18 heavy (non-hydrogen) atoms. The van der Waals surface area contributed by atoms with E-state index < -0.39 is 11.6 Å². The van der Waals surface area contributed by atoms with Crippen LogP contribution in [-0.2, 0) is 0 Å². The molecule has 0 saturated heterocycles. The number of hydrogen-bond acceptors (Lipinski definition) is 1. The molecule has 0 heterocycles. The molecule has 0 aliphatic heterocycles. The first-order valence-electron chi connectivity index (χ1n) is 6.25. The zero-order valence-electron chi connectivity index (χ0n) is 9.76. The number of carbonyl (C=O) groups is 1. The molecule has 0 amide bonds. The molecule has 1 aromatic rings. The molecule has 2 aliphatic carbocycles. The minimum atomic E-state index is -0.629. The summed E-state index contributed by atoms with van der Waals surface area (Å²) in [6, 6.07) is 2.06. The van der Waals surface area contributed by atoms with Crippen molar-refractivity contribution in [3.63, 3.8) is 0 Å². The zero-order valence-corrected chi connectivity index (χ0v) is 11.3. The van der Waals surface area contributed by atoms with E-state index in [9.17, 15) is 13.6 Å². The fourth-order valence-corrected chi connectivity index (χ4v) is 3.79. The number of ketones is 1. The fraction of sp³-hybridized carbons (Fsp3) is 0.500. The van der Waals surface area contributed by atoms with Crippen molar-refractivity contribution in [3.05, 3.63) is 33.8 Å². The summed E-state index contributed by atoms with van der Waals surface area (Å²) in [4.78, 5) is 12.3. The Morgan fingerprint density at radius 1 is 1.17 bits per heavy atom. The number of Topliss-reactive ketones (excluding diaryl/α,β-unsaturated/α-hetero) is 1. The van der Waals surface area contributed by atoms with E-state index in [1.54, 1.807) is 0 Å². The van der Waals surface area contributed by atoms with Crippen LogP contribution in [0.1, 0.15) is 36.0 Å². The molecule has 0 radical (unpaired) electrons. The van der Waals surface area contributed by atoms with Gasteiger partial charge < -0.3 is 0 Å². The molecule has 1 aromatic carbocycles. The van der Waals surface area contributed by atoms with E-state index in [2.05, 4.69) is 15.9 Å². The van der Waals surface area contributed by atoms with Crippen LogP contribution in [0.25, 0.3) is 0 Å². The van der Waals surface area contributed by atoms with Gasteiger partial charge in [-0.15, -0.1) is 0 Å². The first-order chi connectivity index (χ1) is 8.56. The molecule has 0 N–H and O–H groups in total. The van der Waals surface area contributed by atoms with E-state index in [1.807, 2.05) is 0 Å².